The first kappa shape index (κ1) is 23.9. The fourth-order valence-electron chi connectivity index (χ4n) is 3.91. The summed E-state index contributed by atoms with van der Waals surface area (Å²) in [7, 11) is -3.07. The van der Waals surface area contributed by atoms with Crippen LogP contribution in [0.4, 0.5) is 0 Å². The third-order valence-corrected chi connectivity index (χ3v) is 6.89. The zero-order valence-electron chi connectivity index (χ0n) is 16.7. The minimum atomic E-state index is -3.07. The van der Waals surface area contributed by atoms with Crippen molar-refractivity contribution in [2.75, 3.05) is 32.4 Å². The van der Waals surface area contributed by atoms with E-state index in [1.54, 1.807) is 4.31 Å². The Morgan fingerprint density at radius 2 is 1.85 bits per heavy atom. The van der Waals surface area contributed by atoms with Crippen LogP contribution in [0, 0.1) is 17.8 Å². The smallest absolute Gasteiger partial charge is 0.211 e. The van der Waals surface area contributed by atoms with Crippen LogP contribution in [0.2, 0.25) is 0 Å². The molecule has 0 aromatic rings. The van der Waals surface area contributed by atoms with E-state index in [1.165, 1.54) is 31.9 Å². The predicted molar refractivity (Wildman–Crippen MR) is 120 cm³/mol. The lowest BCUT2D eigenvalue weighted by atomic mass is 9.80. The quantitative estimate of drug-likeness (QED) is 0.334. The van der Waals surface area contributed by atoms with Crippen LogP contribution in [0.5, 0.6) is 0 Å². The minimum Gasteiger partial charge on any atom is -0.357 e. The lowest BCUT2D eigenvalue weighted by molar-refractivity contribution is 0.250. The Balaban J connectivity index is 0.00000338. The third kappa shape index (κ3) is 7.50. The van der Waals surface area contributed by atoms with E-state index in [0.717, 1.165) is 30.8 Å². The van der Waals surface area contributed by atoms with Crippen molar-refractivity contribution in [3.05, 3.63) is 0 Å². The highest BCUT2D eigenvalue weighted by Crippen LogP contribution is 2.29. The molecule has 6 nitrogen and oxygen atoms in total. The van der Waals surface area contributed by atoms with Gasteiger partial charge in [-0.3, -0.25) is 4.99 Å². The highest BCUT2D eigenvalue weighted by Gasteiger charge is 2.28. The van der Waals surface area contributed by atoms with Crippen LogP contribution in [0.3, 0.4) is 0 Å². The monoisotopic (exact) mass is 500 g/mol. The highest BCUT2D eigenvalue weighted by molar-refractivity contribution is 14.0. The Hall–Kier alpha value is -0.0900. The summed E-state index contributed by atoms with van der Waals surface area (Å²) in [5, 5.41) is 6.93. The van der Waals surface area contributed by atoms with Crippen LogP contribution in [-0.4, -0.2) is 57.2 Å². The van der Waals surface area contributed by atoms with Gasteiger partial charge in [0.15, 0.2) is 5.96 Å². The molecular weight excluding hydrogens is 463 g/mol. The van der Waals surface area contributed by atoms with Gasteiger partial charge in [-0.15, -0.1) is 24.0 Å². The number of aliphatic imine (C=N–C) groups is 1. The van der Waals surface area contributed by atoms with E-state index in [0.29, 0.717) is 31.6 Å². The molecule has 1 heterocycles. The standard InChI is InChI=1S/C18H36N4O2S.HI/c1-5-19-18(21-17-8-6-16(7-9-17)14(2)3)20-12-15-10-11-22(13-15)25(4,23)24;/h14-17H,5-13H2,1-4H3,(H2,19,20,21);1H. The fraction of sp³-hybridized carbons (Fsp3) is 0.944. The van der Waals surface area contributed by atoms with Crippen molar-refractivity contribution < 1.29 is 8.42 Å². The first-order valence-corrected chi connectivity index (χ1v) is 11.6. The molecule has 2 aliphatic rings. The number of guanidine groups is 1. The molecule has 2 rings (SSSR count). The predicted octanol–water partition coefficient (Wildman–Crippen LogP) is 2.66. The molecule has 154 valence electrons. The number of halogens is 1. The lowest BCUT2D eigenvalue weighted by Crippen LogP contribution is -2.45. The van der Waals surface area contributed by atoms with Crippen molar-refractivity contribution in [1.29, 1.82) is 0 Å². The number of rotatable bonds is 6. The van der Waals surface area contributed by atoms with E-state index in [2.05, 4.69) is 31.4 Å². The van der Waals surface area contributed by atoms with Gasteiger partial charge in [-0.1, -0.05) is 13.8 Å². The average molecular weight is 500 g/mol. The molecule has 1 saturated carbocycles. The average Bonchev–Trinajstić information content (AvgIpc) is 3.02. The van der Waals surface area contributed by atoms with Gasteiger partial charge in [0.2, 0.25) is 10.0 Å². The van der Waals surface area contributed by atoms with E-state index < -0.39 is 10.0 Å². The second kappa shape index (κ2) is 11.0. The van der Waals surface area contributed by atoms with Gasteiger partial charge in [-0.25, -0.2) is 12.7 Å². The maximum absolute atomic E-state index is 11.6. The summed E-state index contributed by atoms with van der Waals surface area (Å²) in [6.45, 7) is 9.48. The molecule has 0 spiro atoms. The van der Waals surface area contributed by atoms with Crippen LogP contribution < -0.4 is 10.6 Å². The molecule has 0 aromatic carbocycles. The normalized spacial score (nSPS) is 28.0. The molecule has 26 heavy (non-hydrogen) atoms. The minimum absolute atomic E-state index is 0. The number of nitrogens with zero attached hydrogens (tertiary/aromatic N) is 2. The topological polar surface area (TPSA) is 73.8 Å². The second-order valence-electron chi connectivity index (χ2n) is 8.00. The Morgan fingerprint density at radius 1 is 1.19 bits per heavy atom. The Kier molecular flexibility index (Phi) is 10.2. The number of hydrogen-bond acceptors (Lipinski definition) is 3. The van der Waals surface area contributed by atoms with Crippen LogP contribution in [-0.2, 0) is 10.0 Å². The van der Waals surface area contributed by atoms with E-state index in [1.807, 2.05) is 0 Å². The first-order valence-electron chi connectivity index (χ1n) is 9.79. The molecule has 0 amide bonds. The van der Waals surface area contributed by atoms with Gasteiger partial charge >= 0.3 is 0 Å². The van der Waals surface area contributed by atoms with E-state index in [9.17, 15) is 8.42 Å². The SMILES string of the molecule is CCNC(=NCC1CCN(S(C)(=O)=O)C1)NC1CCC(C(C)C)CC1.I. The number of nitrogens with one attached hydrogen (secondary N) is 2. The first-order chi connectivity index (χ1) is 11.8. The van der Waals surface area contributed by atoms with Gasteiger partial charge in [-0.05, 0) is 56.8 Å². The number of hydrogen-bond donors (Lipinski definition) is 2. The van der Waals surface area contributed by atoms with Crippen molar-refractivity contribution in [2.24, 2.45) is 22.7 Å². The van der Waals surface area contributed by atoms with Crippen molar-refractivity contribution in [3.8, 4) is 0 Å². The molecule has 2 N–H and O–H groups in total. The van der Waals surface area contributed by atoms with Crippen molar-refractivity contribution >= 4 is 40.0 Å². The summed E-state index contributed by atoms with van der Waals surface area (Å²) in [6, 6.07) is 0.504. The molecule has 1 atom stereocenters. The summed E-state index contributed by atoms with van der Waals surface area (Å²) in [5.74, 6) is 2.84. The Morgan fingerprint density at radius 3 is 2.35 bits per heavy atom. The third-order valence-electron chi connectivity index (χ3n) is 5.62. The molecule has 1 aliphatic heterocycles. The molecule has 1 aliphatic carbocycles. The van der Waals surface area contributed by atoms with Crippen LogP contribution >= 0.6 is 24.0 Å². The van der Waals surface area contributed by atoms with Crippen LogP contribution in [0.25, 0.3) is 0 Å². The molecule has 2 fully saturated rings. The van der Waals surface area contributed by atoms with Gasteiger partial charge < -0.3 is 10.6 Å². The molecular formula is C18H37IN4O2S. The van der Waals surface area contributed by atoms with Crippen LogP contribution in [0.1, 0.15) is 52.9 Å². The summed E-state index contributed by atoms with van der Waals surface area (Å²) < 4.78 is 24.8. The van der Waals surface area contributed by atoms with Crippen molar-refractivity contribution in [2.45, 2.75) is 58.9 Å². The maximum Gasteiger partial charge on any atom is 0.211 e. The van der Waals surface area contributed by atoms with Crippen molar-refractivity contribution in [1.82, 2.24) is 14.9 Å². The molecule has 0 bridgehead atoms. The van der Waals surface area contributed by atoms with Gasteiger partial charge in [-0.2, -0.15) is 0 Å². The molecule has 0 radical (unpaired) electrons. The Bertz CT molecular complexity index is 545. The highest BCUT2D eigenvalue weighted by atomic mass is 127. The zero-order chi connectivity index (χ0) is 18.4. The second-order valence-corrected chi connectivity index (χ2v) is 9.98. The van der Waals surface area contributed by atoms with E-state index in [4.69, 9.17) is 4.99 Å². The van der Waals surface area contributed by atoms with Crippen molar-refractivity contribution in [3.63, 3.8) is 0 Å². The summed E-state index contributed by atoms with van der Waals surface area (Å²) in [5.41, 5.74) is 0. The molecule has 0 aromatic heterocycles. The van der Waals surface area contributed by atoms with E-state index >= 15 is 0 Å². The summed E-state index contributed by atoms with van der Waals surface area (Å²) in [6.07, 6.45) is 7.19. The van der Waals surface area contributed by atoms with Gasteiger partial charge in [0.05, 0.1) is 6.26 Å². The fourth-order valence-corrected chi connectivity index (χ4v) is 4.83. The van der Waals surface area contributed by atoms with Gasteiger partial charge in [0.25, 0.3) is 0 Å². The molecule has 1 saturated heterocycles. The largest absolute Gasteiger partial charge is 0.357 e. The molecule has 1 unspecified atom stereocenters. The van der Waals surface area contributed by atoms with Gasteiger partial charge in [0, 0.05) is 32.2 Å². The Labute approximate surface area is 177 Å². The summed E-state index contributed by atoms with van der Waals surface area (Å²) in [4.78, 5) is 4.73. The maximum atomic E-state index is 11.6. The lowest BCUT2D eigenvalue weighted by Gasteiger charge is -2.32. The van der Waals surface area contributed by atoms with E-state index in [-0.39, 0.29) is 24.0 Å². The molecule has 8 heteroatoms. The number of sulfonamides is 1. The van der Waals surface area contributed by atoms with Crippen LogP contribution in [0.15, 0.2) is 4.99 Å². The van der Waals surface area contributed by atoms with Gasteiger partial charge in [0.1, 0.15) is 0 Å². The zero-order valence-corrected chi connectivity index (χ0v) is 19.8. The summed E-state index contributed by atoms with van der Waals surface area (Å²) >= 11 is 0.